The summed E-state index contributed by atoms with van der Waals surface area (Å²) in [6, 6.07) is 0. The van der Waals surface area contributed by atoms with Crippen LogP contribution in [0.15, 0.2) is 17.6 Å². The monoisotopic (exact) mass is 328 g/mol. The summed E-state index contributed by atoms with van der Waals surface area (Å²) in [4.78, 5) is 15.3. The van der Waals surface area contributed by atoms with Crippen molar-refractivity contribution in [3.63, 3.8) is 0 Å². The molecule has 3 atom stereocenters. The zero-order valence-corrected chi connectivity index (χ0v) is 13.4. The van der Waals surface area contributed by atoms with Crippen molar-refractivity contribution in [3.8, 4) is 0 Å². The summed E-state index contributed by atoms with van der Waals surface area (Å²) in [5, 5.41) is 2.65. The van der Waals surface area contributed by atoms with Gasteiger partial charge in [-0.3, -0.25) is 4.79 Å². The minimum atomic E-state index is -3.56. The topological polar surface area (TPSA) is 93.5 Å². The fraction of sp³-hybridized carbons (Fsp3) is 0.692. The maximum absolute atomic E-state index is 12.5. The van der Waals surface area contributed by atoms with Gasteiger partial charge in [-0.2, -0.15) is 4.31 Å². The van der Waals surface area contributed by atoms with Crippen LogP contribution in [0.2, 0.25) is 0 Å². The van der Waals surface area contributed by atoms with E-state index in [1.807, 2.05) is 0 Å². The number of rotatable bonds is 4. The molecule has 2 fully saturated rings. The van der Waals surface area contributed by atoms with Crippen LogP contribution in [0, 0.1) is 5.92 Å². The molecule has 1 N–H and O–H groups in total. The van der Waals surface area contributed by atoms with E-state index in [1.165, 1.54) is 16.8 Å². The molecule has 0 radical (unpaired) electrons. The molecule has 1 amide bonds. The Morgan fingerprint density at radius 1 is 1.50 bits per heavy atom. The van der Waals surface area contributed by atoms with E-state index in [2.05, 4.69) is 10.3 Å². The number of fused-ring (bicyclic) bond motifs is 1. The van der Waals surface area contributed by atoms with Crippen LogP contribution in [0.3, 0.4) is 0 Å². The molecule has 9 heteroatoms. The molecule has 0 aromatic carbocycles. The summed E-state index contributed by atoms with van der Waals surface area (Å²) in [5.41, 5.74) is 0. The zero-order valence-electron chi connectivity index (χ0n) is 12.6. The second-order valence-corrected chi connectivity index (χ2v) is 7.75. The number of nitrogens with zero attached hydrogens (tertiary/aromatic N) is 3. The molecule has 1 aromatic heterocycles. The number of nitrogens with one attached hydrogen (secondary N) is 1. The molecule has 3 heterocycles. The largest absolute Gasteiger partial charge is 0.373 e. The first-order valence-electron chi connectivity index (χ1n) is 7.24. The quantitative estimate of drug-likeness (QED) is 0.791. The van der Waals surface area contributed by atoms with Gasteiger partial charge in [0.1, 0.15) is 0 Å². The molecular weight excluding hydrogens is 308 g/mol. The van der Waals surface area contributed by atoms with Gasteiger partial charge in [0.25, 0.3) is 10.0 Å². The summed E-state index contributed by atoms with van der Waals surface area (Å²) in [5.74, 6) is 0.0936. The normalized spacial score (nSPS) is 28.7. The van der Waals surface area contributed by atoms with Crippen molar-refractivity contribution < 1.29 is 17.9 Å². The Morgan fingerprint density at radius 3 is 2.86 bits per heavy atom. The SMILES string of the molecule is CNC(=O)C[C@@H]1C[C@H]2CN(S(=O)(=O)c3cn(C)cn3)C[C@H]2O1. The Morgan fingerprint density at radius 2 is 2.27 bits per heavy atom. The fourth-order valence-corrected chi connectivity index (χ4v) is 4.59. The first-order valence-corrected chi connectivity index (χ1v) is 8.68. The summed E-state index contributed by atoms with van der Waals surface area (Å²) < 4.78 is 33.9. The van der Waals surface area contributed by atoms with E-state index in [4.69, 9.17) is 4.74 Å². The van der Waals surface area contributed by atoms with Gasteiger partial charge in [0.2, 0.25) is 5.91 Å². The van der Waals surface area contributed by atoms with E-state index in [1.54, 1.807) is 18.7 Å². The molecule has 122 valence electrons. The first kappa shape index (κ1) is 15.4. The summed E-state index contributed by atoms with van der Waals surface area (Å²) in [6.07, 6.45) is 3.77. The van der Waals surface area contributed by atoms with E-state index >= 15 is 0 Å². The third-order valence-electron chi connectivity index (χ3n) is 4.26. The summed E-state index contributed by atoms with van der Waals surface area (Å²) >= 11 is 0. The van der Waals surface area contributed by atoms with Gasteiger partial charge in [-0.15, -0.1) is 0 Å². The Bertz CT molecular complexity index is 657. The molecule has 0 saturated carbocycles. The van der Waals surface area contributed by atoms with Crippen molar-refractivity contribution in [3.05, 3.63) is 12.5 Å². The Kier molecular flexibility index (Phi) is 3.96. The molecular formula is C13H20N4O4S. The summed E-state index contributed by atoms with van der Waals surface area (Å²) in [7, 11) is -0.233. The fourth-order valence-electron chi connectivity index (χ4n) is 3.12. The van der Waals surface area contributed by atoms with Gasteiger partial charge in [-0.1, -0.05) is 0 Å². The van der Waals surface area contributed by atoms with E-state index in [0.717, 1.165) is 0 Å². The first-order chi connectivity index (χ1) is 10.4. The number of aryl methyl sites for hydroxylation is 1. The lowest BCUT2D eigenvalue weighted by molar-refractivity contribution is -0.123. The van der Waals surface area contributed by atoms with Crippen LogP contribution in [0.5, 0.6) is 0 Å². The second kappa shape index (κ2) is 5.64. The van der Waals surface area contributed by atoms with Crippen LogP contribution >= 0.6 is 0 Å². The van der Waals surface area contributed by atoms with E-state index in [0.29, 0.717) is 25.9 Å². The molecule has 3 rings (SSSR count). The van der Waals surface area contributed by atoms with Crippen LogP contribution in [0.4, 0.5) is 0 Å². The smallest absolute Gasteiger partial charge is 0.262 e. The van der Waals surface area contributed by atoms with Crippen molar-refractivity contribution in [2.75, 3.05) is 20.1 Å². The maximum Gasteiger partial charge on any atom is 0.262 e. The van der Waals surface area contributed by atoms with Crippen molar-refractivity contribution in [1.82, 2.24) is 19.2 Å². The predicted octanol–water partition coefficient (Wildman–Crippen LogP) is -0.666. The van der Waals surface area contributed by atoms with Crippen LogP contribution in [-0.4, -0.2) is 60.5 Å². The summed E-state index contributed by atoms with van der Waals surface area (Å²) in [6.45, 7) is 0.752. The number of amides is 1. The zero-order chi connectivity index (χ0) is 15.9. The number of carbonyl (C=O) groups excluding carboxylic acids is 1. The van der Waals surface area contributed by atoms with Crippen LogP contribution < -0.4 is 5.32 Å². The Labute approximate surface area is 129 Å². The number of imidazole rings is 1. The van der Waals surface area contributed by atoms with Crippen molar-refractivity contribution in [2.24, 2.45) is 13.0 Å². The molecule has 0 unspecified atom stereocenters. The highest BCUT2D eigenvalue weighted by atomic mass is 32.2. The third kappa shape index (κ3) is 2.75. The molecule has 0 spiro atoms. The van der Waals surface area contributed by atoms with E-state index in [-0.39, 0.29) is 29.1 Å². The van der Waals surface area contributed by atoms with Crippen LogP contribution in [0.25, 0.3) is 0 Å². The standard InChI is InChI=1S/C13H20N4O4S/c1-14-12(18)4-10-3-9-5-17(6-11(9)21-10)22(19,20)13-7-16(2)8-15-13/h7-11H,3-6H2,1-2H3,(H,14,18)/t9-,10-,11+/m0/s1. The highest BCUT2D eigenvalue weighted by Gasteiger charge is 2.46. The average Bonchev–Trinajstić information content (AvgIpc) is 3.12. The van der Waals surface area contributed by atoms with Crippen molar-refractivity contribution in [1.29, 1.82) is 0 Å². The lowest BCUT2D eigenvalue weighted by Crippen LogP contribution is -2.32. The molecule has 2 aliphatic rings. The molecule has 8 nitrogen and oxygen atoms in total. The van der Waals surface area contributed by atoms with Crippen LogP contribution in [0.1, 0.15) is 12.8 Å². The molecule has 1 aromatic rings. The third-order valence-corrected chi connectivity index (χ3v) is 5.98. The number of aromatic nitrogens is 2. The van der Waals surface area contributed by atoms with Gasteiger partial charge in [-0.05, 0) is 6.42 Å². The molecule has 0 bridgehead atoms. The van der Waals surface area contributed by atoms with Gasteiger partial charge in [-0.25, -0.2) is 13.4 Å². The Balaban J connectivity index is 1.65. The lowest BCUT2D eigenvalue weighted by atomic mass is 10.0. The number of hydrogen-bond acceptors (Lipinski definition) is 5. The van der Waals surface area contributed by atoms with Gasteiger partial charge in [0.15, 0.2) is 5.03 Å². The number of carbonyl (C=O) groups is 1. The Hall–Kier alpha value is -1.45. The predicted molar refractivity (Wildman–Crippen MR) is 77.4 cm³/mol. The molecule has 0 aliphatic carbocycles. The highest BCUT2D eigenvalue weighted by molar-refractivity contribution is 7.89. The average molecular weight is 328 g/mol. The number of ether oxygens (including phenoxy) is 1. The van der Waals surface area contributed by atoms with Gasteiger partial charge in [0, 0.05) is 39.3 Å². The van der Waals surface area contributed by atoms with Gasteiger partial charge < -0.3 is 14.6 Å². The number of hydrogen-bond donors (Lipinski definition) is 1. The second-order valence-electron chi connectivity index (χ2n) is 5.87. The van der Waals surface area contributed by atoms with Crippen molar-refractivity contribution >= 4 is 15.9 Å². The number of sulfonamides is 1. The minimum absolute atomic E-state index is 0.0528. The maximum atomic E-state index is 12.5. The van der Waals surface area contributed by atoms with Crippen LogP contribution in [-0.2, 0) is 26.6 Å². The van der Waals surface area contributed by atoms with E-state index in [9.17, 15) is 13.2 Å². The molecule has 2 saturated heterocycles. The van der Waals surface area contributed by atoms with Gasteiger partial charge >= 0.3 is 0 Å². The lowest BCUT2D eigenvalue weighted by Gasteiger charge is -2.17. The highest BCUT2D eigenvalue weighted by Crippen LogP contribution is 2.36. The van der Waals surface area contributed by atoms with Crippen molar-refractivity contribution in [2.45, 2.75) is 30.1 Å². The van der Waals surface area contributed by atoms with E-state index < -0.39 is 10.0 Å². The minimum Gasteiger partial charge on any atom is -0.373 e. The molecule has 2 aliphatic heterocycles. The molecule has 22 heavy (non-hydrogen) atoms. The van der Waals surface area contributed by atoms with Gasteiger partial charge in [0.05, 0.1) is 25.0 Å².